The maximum atomic E-state index is 13.4. The van der Waals surface area contributed by atoms with Crippen LogP contribution in [-0.2, 0) is 17.6 Å². The highest BCUT2D eigenvalue weighted by Gasteiger charge is 2.26. The monoisotopic (exact) mass is 424 g/mol. The first-order chi connectivity index (χ1) is 15.7. The van der Waals surface area contributed by atoms with E-state index in [0.29, 0.717) is 36.7 Å². The number of rotatable bonds is 6. The summed E-state index contributed by atoms with van der Waals surface area (Å²) in [7, 11) is 0. The second-order valence-electron chi connectivity index (χ2n) is 8.32. The van der Waals surface area contributed by atoms with E-state index in [-0.39, 0.29) is 11.8 Å². The van der Waals surface area contributed by atoms with E-state index in [0.717, 1.165) is 24.8 Å². The Morgan fingerprint density at radius 1 is 0.750 bits per heavy atom. The van der Waals surface area contributed by atoms with Crippen molar-refractivity contribution in [2.75, 3.05) is 13.1 Å². The van der Waals surface area contributed by atoms with Crippen LogP contribution in [0.2, 0.25) is 0 Å². The number of hydrogen-bond donors (Lipinski definition) is 0. The Hall–Kier alpha value is -3.53. The molecule has 0 radical (unpaired) electrons. The molecule has 2 amide bonds. The minimum atomic E-state index is -0.371. The number of carbonyl (C=O) groups excluding carboxylic acids is 2. The molecule has 32 heavy (non-hydrogen) atoms. The summed E-state index contributed by atoms with van der Waals surface area (Å²) in [6.07, 6.45) is 3.32. The molecule has 0 unspecified atom stereocenters. The Labute approximate surface area is 189 Å². The van der Waals surface area contributed by atoms with Gasteiger partial charge in [-0.05, 0) is 48.4 Å². The van der Waals surface area contributed by atoms with E-state index in [2.05, 4.69) is 29.3 Å². The second kappa shape index (κ2) is 10.7. The van der Waals surface area contributed by atoms with Crippen molar-refractivity contribution < 1.29 is 9.59 Å². The average molecular weight is 425 g/mol. The third kappa shape index (κ3) is 5.79. The Balaban J connectivity index is 1.46. The zero-order chi connectivity index (χ0) is 22.2. The average Bonchev–Trinajstić information content (AvgIpc) is 2.85. The van der Waals surface area contributed by atoms with Gasteiger partial charge in [0.05, 0.1) is 0 Å². The molecule has 0 aromatic heterocycles. The molecule has 0 spiro atoms. The van der Waals surface area contributed by atoms with Crippen LogP contribution in [0.4, 0.5) is 0 Å². The molecule has 0 aliphatic carbocycles. The molecule has 0 atom stereocenters. The first kappa shape index (κ1) is 21.7. The highest BCUT2D eigenvalue weighted by Crippen LogP contribution is 2.22. The fourth-order valence-electron chi connectivity index (χ4n) is 4.19. The zero-order valence-corrected chi connectivity index (χ0v) is 18.2. The van der Waals surface area contributed by atoms with Crippen LogP contribution in [-0.4, -0.2) is 35.5 Å². The van der Waals surface area contributed by atoms with Gasteiger partial charge in [-0.3, -0.25) is 9.59 Å². The number of benzene rings is 3. The summed E-state index contributed by atoms with van der Waals surface area (Å²) in [5.74, 6) is 0.0713. The van der Waals surface area contributed by atoms with Crippen LogP contribution in [0.1, 0.15) is 34.3 Å². The van der Waals surface area contributed by atoms with Gasteiger partial charge < -0.3 is 4.90 Å². The van der Waals surface area contributed by atoms with Gasteiger partial charge in [-0.2, -0.15) is 0 Å². The maximum absolute atomic E-state index is 13.4. The fraction of sp³-hybridized carbons (Fsp3) is 0.250. The molecular weight excluding hydrogens is 396 g/mol. The van der Waals surface area contributed by atoms with Crippen LogP contribution in [0.5, 0.6) is 0 Å². The lowest BCUT2D eigenvalue weighted by Crippen LogP contribution is -2.43. The first-order valence-corrected chi connectivity index (χ1v) is 11.2. The normalized spacial score (nSPS) is 14.9. The van der Waals surface area contributed by atoms with Gasteiger partial charge in [0.15, 0.2) is 0 Å². The number of aliphatic imine (C=N–C) groups is 1. The van der Waals surface area contributed by atoms with Crippen molar-refractivity contribution in [1.82, 2.24) is 4.90 Å². The third-order valence-corrected chi connectivity index (χ3v) is 5.99. The lowest BCUT2D eigenvalue weighted by Gasteiger charge is -2.32. The number of piperidine rings is 1. The topological polar surface area (TPSA) is 49.7 Å². The number of amides is 2. The van der Waals surface area contributed by atoms with Crippen molar-refractivity contribution >= 4 is 17.5 Å². The molecule has 3 aromatic rings. The third-order valence-electron chi connectivity index (χ3n) is 5.99. The standard InChI is InChI=1S/C28H28N2O2/c31-27(25-14-8-3-9-15-25)29-26(21-23-12-6-2-7-13-23)28(32)30-18-16-24(17-19-30)20-22-10-4-1-5-11-22/h1-15,24H,16-21H2. The maximum Gasteiger partial charge on any atom is 0.277 e. The lowest BCUT2D eigenvalue weighted by molar-refractivity contribution is -0.125. The van der Waals surface area contributed by atoms with Crippen molar-refractivity contribution in [3.8, 4) is 0 Å². The summed E-state index contributed by atoms with van der Waals surface area (Å²) in [4.78, 5) is 32.3. The molecular formula is C28H28N2O2. The first-order valence-electron chi connectivity index (χ1n) is 11.2. The molecule has 1 fully saturated rings. The minimum Gasteiger partial charge on any atom is -0.338 e. The van der Waals surface area contributed by atoms with E-state index >= 15 is 0 Å². The molecule has 4 rings (SSSR count). The van der Waals surface area contributed by atoms with E-state index in [1.165, 1.54) is 5.56 Å². The SMILES string of the molecule is O=C(N=C(Cc1ccccc1)C(=O)N1CCC(Cc2ccccc2)CC1)c1ccccc1. The zero-order valence-electron chi connectivity index (χ0n) is 18.2. The minimum absolute atomic E-state index is 0.128. The van der Waals surface area contributed by atoms with Crippen LogP contribution in [0.3, 0.4) is 0 Å². The number of hydrogen-bond acceptors (Lipinski definition) is 2. The molecule has 0 N–H and O–H groups in total. The summed E-state index contributed by atoms with van der Waals surface area (Å²) >= 11 is 0. The predicted molar refractivity (Wildman–Crippen MR) is 128 cm³/mol. The lowest BCUT2D eigenvalue weighted by atomic mass is 9.90. The Morgan fingerprint density at radius 3 is 1.88 bits per heavy atom. The predicted octanol–water partition coefficient (Wildman–Crippen LogP) is 4.99. The van der Waals surface area contributed by atoms with Gasteiger partial charge in [0, 0.05) is 25.1 Å². The summed E-state index contributed by atoms with van der Waals surface area (Å²) in [6, 6.07) is 29.2. The van der Waals surface area contributed by atoms with E-state index in [1.54, 1.807) is 24.3 Å². The van der Waals surface area contributed by atoms with Gasteiger partial charge in [-0.15, -0.1) is 0 Å². The van der Waals surface area contributed by atoms with Gasteiger partial charge in [-0.1, -0.05) is 78.9 Å². The summed E-state index contributed by atoms with van der Waals surface area (Å²) in [6.45, 7) is 1.40. The highest BCUT2D eigenvalue weighted by molar-refractivity contribution is 6.41. The molecule has 0 bridgehead atoms. The molecule has 4 nitrogen and oxygen atoms in total. The number of nitrogens with zero attached hydrogens (tertiary/aromatic N) is 2. The molecule has 162 valence electrons. The molecule has 0 saturated carbocycles. The second-order valence-corrected chi connectivity index (χ2v) is 8.32. The molecule has 1 saturated heterocycles. The van der Waals surface area contributed by atoms with Crippen LogP contribution < -0.4 is 0 Å². The van der Waals surface area contributed by atoms with Gasteiger partial charge in [0.25, 0.3) is 11.8 Å². The Kier molecular flexibility index (Phi) is 7.23. The summed E-state index contributed by atoms with van der Waals surface area (Å²) in [5, 5.41) is 0. The number of likely N-dealkylation sites (tertiary alicyclic amines) is 1. The van der Waals surface area contributed by atoms with Crippen molar-refractivity contribution in [2.24, 2.45) is 10.9 Å². The van der Waals surface area contributed by atoms with E-state index in [1.807, 2.05) is 47.4 Å². The summed E-state index contributed by atoms with van der Waals surface area (Å²) < 4.78 is 0. The van der Waals surface area contributed by atoms with Crippen molar-refractivity contribution in [2.45, 2.75) is 25.7 Å². The molecule has 3 aromatic carbocycles. The summed E-state index contributed by atoms with van der Waals surface area (Å²) in [5.41, 5.74) is 3.12. The van der Waals surface area contributed by atoms with E-state index in [9.17, 15) is 9.59 Å². The van der Waals surface area contributed by atoms with Gasteiger partial charge in [0.1, 0.15) is 5.71 Å². The van der Waals surface area contributed by atoms with Crippen molar-refractivity contribution in [3.63, 3.8) is 0 Å². The smallest absolute Gasteiger partial charge is 0.277 e. The quantitative estimate of drug-likeness (QED) is 0.523. The Morgan fingerprint density at radius 2 is 1.28 bits per heavy atom. The van der Waals surface area contributed by atoms with Crippen molar-refractivity contribution in [1.29, 1.82) is 0 Å². The van der Waals surface area contributed by atoms with Crippen LogP contribution in [0, 0.1) is 5.92 Å². The van der Waals surface area contributed by atoms with Crippen LogP contribution in [0.25, 0.3) is 0 Å². The number of carbonyl (C=O) groups is 2. The van der Waals surface area contributed by atoms with Gasteiger partial charge in [-0.25, -0.2) is 4.99 Å². The van der Waals surface area contributed by atoms with Crippen molar-refractivity contribution in [3.05, 3.63) is 108 Å². The molecule has 1 aliphatic heterocycles. The van der Waals surface area contributed by atoms with Gasteiger partial charge in [0.2, 0.25) is 0 Å². The van der Waals surface area contributed by atoms with E-state index in [4.69, 9.17) is 0 Å². The molecule has 4 heteroatoms. The molecule has 1 aliphatic rings. The van der Waals surface area contributed by atoms with Crippen LogP contribution >= 0.6 is 0 Å². The van der Waals surface area contributed by atoms with Crippen LogP contribution in [0.15, 0.2) is 96.0 Å². The van der Waals surface area contributed by atoms with Gasteiger partial charge >= 0.3 is 0 Å². The van der Waals surface area contributed by atoms with E-state index < -0.39 is 0 Å². The Bertz CT molecular complexity index is 1050. The largest absolute Gasteiger partial charge is 0.338 e. The highest BCUT2D eigenvalue weighted by atomic mass is 16.2. The fourth-order valence-corrected chi connectivity index (χ4v) is 4.19. The molecule has 1 heterocycles.